The summed E-state index contributed by atoms with van der Waals surface area (Å²) in [7, 11) is 1.66. The van der Waals surface area contributed by atoms with Crippen LogP contribution in [0.3, 0.4) is 0 Å². The second kappa shape index (κ2) is 7.21. The minimum atomic E-state index is 0.0735. The monoisotopic (exact) mass is 347 g/mol. The summed E-state index contributed by atoms with van der Waals surface area (Å²) >= 11 is 1.38. The van der Waals surface area contributed by atoms with Crippen LogP contribution in [-0.2, 0) is 11.2 Å². The van der Waals surface area contributed by atoms with Crippen molar-refractivity contribution in [3.63, 3.8) is 0 Å². The molecule has 1 aromatic heterocycles. The van der Waals surface area contributed by atoms with E-state index in [9.17, 15) is 4.79 Å². The Morgan fingerprint density at radius 1 is 1.42 bits per heavy atom. The predicted molar refractivity (Wildman–Crippen MR) is 92.6 cm³/mol. The zero-order chi connectivity index (χ0) is 17.1. The average Bonchev–Trinajstić information content (AvgIpc) is 3.07. The number of hydrogen-bond acceptors (Lipinski definition) is 6. The first-order valence-corrected chi connectivity index (χ1v) is 8.96. The van der Waals surface area contributed by atoms with E-state index < -0.39 is 0 Å². The molecule has 2 heterocycles. The van der Waals surface area contributed by atoms with Gasteiger partial charge < -0.3 is 9.64 Å². The number of benzene rings is 1. The SMILES string of the molecule is COc1ccc2c(c1)CCCN2C(=O)CSc1nnnn1C(C)C. The van der Waals surface area contributed by atoms with Crippen molar-refractivity contribution in [1.29, 1.82) is 0 Å². The third kappa shape index (κ3) is 3.38. The van der Waals surface area contributed by atoms with Gasteiger partial charge in [0.2, 0.25) is 11.1 Å². The maximum Gasteiger partial charge on any atom is 0.237 e. The fraction of sp³-hybridized carbons (Fsp3) is 0.500. The van der Waals surface area contributed by atoms with Gasteiger partial charge in [0.1, 0.15) is 5.75 Å². The van der Waals surface area contributed by atoms with Crippen molar-refractivity contribution in [2.75, 3.05) is 24.3 Å². The minimum Gasteiger partial charge on any atom is -0.497 e. The van der Waals surface area contributed by atoms with Crippen LogP contribution in [0.25, 0.3) is 0 Å². The Balaban J connectivity index is 1.71. The molecular weight excluding hydrogens is 326 g/mol. The smallest absolute Gasteiger partial charge is 0.237 e. The number of amides is 1. The second-order valence-corrected chi connectivity index (χ2v) is 6.87. The number of ether oxygens (including phenoxy) is 1. The lowest BCUT2D eigenvalue weighted by atomic mass is 10.0. The van der Waals surface area contributed by atoms with E-state index in [0.29, 0.717) is 10.9 Å². The largest absolute Gasteiger partial charge is 0.497 e. The molecule has 24 heavy (non-hydrogen) atoms. The van der Waals surface area contributed by atoms with Gasteiger partial charge in [0, 0.05) is 12.2 Å². The Hall–Kier alpha value is -2.09. The number of anilines is 1. The van der Waals surface area contributed by atoms with Gasteiger partial charge in [-0.1, -0.05) is 11.8 Å². The quantitative estimate of drug-likeness (QED) is 0.773. The molecule has 1 amide bonds. The number of methoxy groups -OCH3 is 1. The molecule has 0 saturated carbocycles. The van der Waals surface area contributed by atoms with E-state index in [0.717, 1.165) is 36.4 Å². The zero-order valence-corrected chi connectivity index (χ0v) is 14.9. The third-order valence-electron chi connectivity index (χ3n) is 3.98. The number of tetrazole rings is 1. The van der Waals surface area contributed by atoms with Crippen molar-refractivity contribution in [2.45, 2.75) is 37.9 Å². The second-order valence-electron chi connectivity index (χ2n) is 5.93. The Labute approximate surface area is 145 Å². The fourth-order valence-corrected chi connectivity index (χ4v) is 3.65. The fourth-order valence-electron chi connectivity index (χ4n) is 2.77. The topological polar surface area (TPSA) is 73.1 Å². The minimum absolute atomic E-state index is 0.0735. The first-order valence-electron chi connectivity index (χ1n) is 7.98. The molecule has 1 aliphatic rings. The van der Waals surface area contributed by atoms with Crippen LogP contribution in [0.4, 0.5) is 5.69 Å². The summed E-state index contributed by atoms with van der Waals surface area (Å²) in [5.41, 5.74) is 2.14. The van der Waals surface area contributed by atoms with Gasteiger partial charge in [0.25, 0.3) is 0 Å². The molecule has 7 nitrogen and oxygen atoms in total. The maximum atomic E-state index is 12.7. The number of fused-ring (bicyclic) bond motifs is 1. The third-order valence-corrected chi connectivity index (χ3v) is 4.90. The number of thioether (sulfide) groups is 1. The molecule has 1 aliphatic heterocycles. The van der Waals surface area contributed by atoms with Gasteiger partial charge in [-0.3, -0.25) is 4.79 Å². The highest BCUT2D eigenvalue weighted by atomic mass is 32.2. The highest BCUT2D eigenvalue weighted by Crippen LogP contribution is 2.31. The van der Waals surface area contributed by atoms with E-state index >= 15 is 0 Å². The lowest BCUT2D eigenvalue weighted by molar-refractivity contribution is -0.116. The molecule has 3 rings (SSSR count). The molecule has 0 atom stereocenters. The molecule has 0 spiro atoms. The summed E-state index contributed by atoms with van der Waals surface area (Å²) in [4.78, 5) is 14.5. The van der Waals surface area contributed by atoms with Crippen molar-refractivity contribution < 1.29 is 9.53 Å². The molecule has 0 N–H and O–H groups in total. The van der Waals surface area contributed by atoms with Crippen molar-refractivity contribution in [3.05, 3.63) is 23.8 Å². The van der Waals surface area contributed by atoms with E-state index in [1.807, 2.05) is 36.9 Å². The first-order chi connectivity index (χ1) is 11.6. The van der Waals surface area contributed by atoms with Gasteiger partial charge in [-0.2, -0.15) is 0 Å². The Morgan fingerprint density at radius 3 is 3.00 bits per heavy atom. The normalized spacial score (nSPS) is 13.9. The zero-order valence-electron chi connectivity index (χ0n) is 14.1. The summed E-state index contributed by atoms with van der Waals surface area (Å²) in [6.45, 7) is 4.76. The highest BCUT2D eigenvalue weighted by Gasteiger charge is 2.23. The van der Waals surface area contributed by atoms with Crippen LogP contribution in [-0.4, -0.2) is 45.5 Å². The molecule has 0 fully saturated rings. The van der Waals surface area contributed by atoms with Gasteiger partial charge in [0.15, 0.2) is 0 Å². The van der Waals surface area contributed by atoms with Gasteiger partial charge in [-0.05, 0) is 60.9 Å². The lowest BCUT2D eigenvalue weighted by Gasteiger charge is -2.29. The number of aryl methyl sites for hydroxylation is 1. The highest BCUT2D eigenvalue weighted by molar-refractivity contribution is 7.99. The average molecular weight is 347 g/mol. The van der Waals surface area contributed by atoms with E-state index in [1.165, 1.54) is 11.8 Å². The van der Waals surface area contributed by atoms with E-state index in [4.69, 9.17) is 4.74 Å². The van der Waals surface area contributed by atoms with Crippen LogP contribution >= 0.6 is 11.8 Å². The summed E-state index contributed by atoms with van der Waals surface area (Å²) in [5.74, 6) is 1.22. The van der Waals surface area contributed by atoms with Gasteiger partial charge in [0.05, 0.1) is 18.9 Å². The van der Waals surface area contributed by atoms with Crippen LogP contribution in [0.15, 0.2) is 23.4 Å². The van der Waals surface area contributed by atoms with Crippen LogP contribution in [0.2, 0.25) is 0 Å². The first kappa shape index (κ1) is 16.8. The molecule has 0 aliphatic carbocycles. The Bertz CT molecular complexity index is 731. The van der Waals surface area contributed by atoms with E-state index in [1.54, 1.807) is 11.8 Å². The standard InChI is InChI=1S/C16H21N5O2S/c1-11(2)21-16(17-18-19-21)24-10-15(22)20-8-4-5-12-9-13(23-3)6-7-14(12)20/h6-7,9,11H,4-5,8,10H2,1-3H3. The Kier molecular flexibility index (Phi) is 5.03. The van der Waals surface area contributed by atoms with Gasteiger partial charge >= 0.3 is 0 Å². The summed E-state index contributed by atoms with van der Waals surface area (Å²) in [6.07, 6.45) is 1.93. The predicted octanol–water partition coefficient (Wildman–Crippen LogP) is 2.33. The molecule has 0 bridgehead atoms. The van der Waals surface area contributed by atoms with Gasteiger partial charge in [-0.25, -0.2) is 4.68 Å². The molecule has 2 aromatic rings. The number of aromatic nitrogens is 4. The lowest BCUT2D eigenvalue weighted by Crippen LogP contribution is -2.36. The van der Waals surface area contributed by atoms with Crippen molar-refractivity contribution in [3.8, 4) is 5.75 Å². The van der Waals surface area contributed by atoms with Crippen LogP contribution in [0.5, 0.6) is 5.75 Å². The summed E-state index contributed by atoms with van der Waals surface area (Å²) in [5, 5.41) is 12.3. The number of carbonyl (C=O) groups is 1. The number of hydrogen-bond donors (Lipinski definition) is 0. The van der Waals surface area contributed by atoms with Crippen LogP contribution in [0, 0.1) is 0 Å². The molecule has 8 heteroatoms. The number of rotatable bonds is 5. The molecular formula is C16H21N5O2S. The van der Waals surface area contributed by atoms with Gasteiger partial charge in [-0.15, -0.1) is 5.10 Å². The van der Waals surface area contributed by atoms with Crippen LogP contribution < -0.4 is 9.64 Å². The van der Waals surface area contributed by atoms with E-state index in [-0.39, 0.29) is 11.9 Å². The number of nitrogens with zero attached hydrogens (tertiary/aromatic N) is 5. The summed E-state index contributed by atoms with van der Waals surface area (Å²) < 4.78 is 7.00. The molecule has 0 saturated heterocycles. The van der Waals surface area contributed by atoms with Crippen LogP contribution in [0.1, 0.15) is 31.9 Å². The molecule has 0 unspecified atom stereocenters. The van der Waals surface area contributed by atoms with Crippen molar-refractivity contribution in [2.24, 2.45) is 0 Å². The van der Waals surface area contributed by atoms with Crippen molar-refractivity contribution >= 4 is 23.4 Å². The Morgan fingerprint density at radius 2 is 2.25 bits per heavy atom. The number of carbonyl (C=O) groups excluding carboxylic acids is 1. The molecule has 0 radical (unpaired) electrons. The van der Waals surface area contributed by atoms with Crippen molar-refractivity contribution in [1.82, 2.24) is 20.2 Å². The maximum absolute atomic E-state index is 12.7. The summed E-state index contributed by atoms with van der Waals surface area (Å²) in [6, 6.07) is 6.05. The molecule has 1 aromatic carbocycles. The van der Waals surface area contributed by atoms with E-state index in [2.05, 4.69) is 15.5 Å². The molecule has 128 valence electrons.